The van der Waals surface area contributed by atoms with Gasteiger partial charge in [0.25, 0.3) is 0 Å². The number of hydrogen-bond donors (Lipinski definition) is 2. The van der Waals surface area contributed by atoms with Gasteiger partial charge in [0.2, 0.25) is 0 Å². The third kappa shape index (κ3) is 4.45. The summed E-state index contributed by atoms with van der Waals surface area (Å²) < 4.78 is 0. The second-order valence-corrected chi connectivity index (χ2v) is 4.07. The SMILES string of the molecule is CC(CCCO)NC(C)c1ccccc1. The van der Waals surface area contributed by atoms with Crippen molar-refractivity contribution in [2.24, 2.45) is 0 Å². The van der Waals surface area contributed by atoms with Gasteiger partial charge in [-0.05, 0) is 32.3 Å². The van der Waals surface area contributed by atoms with Crippen molar-refractivity contribution in [2.45, 2.75) is 38.8 Å². The van der Waals surface area contributed by atoms with Crippen molar-refractivity contribution in [2.75, 3.05) is 6.61 Å². The maximum Gasteiger partial charge on any atom is 0.0431 e. The van der Waals surface area contributed by atoms with Crippen LogP contribution in [-0.2, 0) is 0 Å². The molecule has 1 aromatic rings. The van der Waals surface area contributed by atoms with Crippen LogP contribution in [0, 0.1) is 0 Å². The second kappa shape index (κ2) is 6.59. The summed E-state index contributed by atoms with van der Waals surface area (Å²) in [5.41, 5.74) is 1.31. The molecular formula is C13H21NO. The monoisotopic (exact) mass is 207 g/mol. The Morgan fingerprint density at radius 3 is 2.47 bits per heavy atom. The van der Waals surface area contributed by atoms with Crippen molar-refractivity contribution in [1.82, 2.24) is 5.32 Å². The smallest absolute Gasteiger partial charge is 0.0431 e. The average molecular weight is 207 g/mol. The summed E-state index contributed by atoms with van der Waals surface area (Å²) in [4.78, 5) is 0. The molecule has 0 aliphatic rings. The number of aliphatic hydroxyl groups excluding tert-OH is 1. The minimum absolute atomic E-state index is 0.283. The molecule has 0 saturated heterocycles. The molecule has 0 aliphatic heterocycles. The zero-order valence-electron chi connectivity index (χ0n) is 9.61. The second-order valence-electron chi connectivity index (χ2n) is 4.07. The van der Waals surface area contributed by atoms with Gasteiger partial charge in [-0.2, -0.15) is 0 Å². The summed E-state index contributed by atoms with van der Waals surface area (Å²) in [5, 5.41) is 12.3. The molecule has 15 heavy (non-hydrogen) atoms. The first-order valence-electron chi connectivity index (χ1n) is 5.66. The number of rotatable bonds is 6. The lowest BCUT2D eigenvalue weighted by molar-refractivity contribution is 0.274. The molecule has 2 N–H and O–H groups in total. The van der Waals surface area contributed by atoms with Crippen molar-refractivity contribution >= 4 is 0 Å². The van der Waals surface area contributed by atoms with E-state index in [4.69, 9.17) is 5.11 Å². The molecule has 2 heteroatoms. The fourth-order valence-electron chi connectivity index (χ4n) is 1.75. The highest BCUT2D eigenvalue weighted by molar-refractivity contribution is 5.18. The molecular weight excluding hydrogens is 186 g/mol. The van der Waals surface area contributed by atoms with Crippen molar-refractivity contribution in [3.63, 3.8) is 0 Å². The molecule has 84 valence electrons. The quantitative estimate of drug-likeness (QED) is 0.751. The third-order valence-corrected chi connectivity index (χ3v) is 2.63. The summed E-state index contributed by atoms with van der Waals surface area (Å²) in [6.45, 7) is 4.62. The van der Waals surface area contributed by atoms with E-state index in [2.05, 4.69) is 43.4 Å². The predicted octanol–water partition coefficient (Wildman–Crippen LogP) is 2.50. The Morgan fingerprint density at radius 2 is 1.87 bits per heavy atom. The first kappa shape index (κ1) is 12.2. The van der Waals surface area contributed by atoms with Gasteiger partial charge >= 0.3 is 0 Å². The van der Waals surface area contributed by atoms with Gasteiger partial charge in [-0.25, -0.2) is 0 Å². The van der Waals surface area contributed by atoms with Gasteiger partial charge in [0.15, 0.2) is 0 Å². The predicted molar refractivity (Wildman–Crippen MR) is 63.8 cm³/mol. The molecule has 0 spiro atoms. The fraction of sp³-hybridized carbons (Fsp3) is 0.538. The van der Waals surface area contributed by atoms with Crippen LogP contribution in [0.5, 0.6) is 0 Å². The maximum atomic E-state index is 8.74. The minimum atomic E-state index is 0.283. The Labute approximate surface area is 92.3 Å². The number of nitrogens with one attached hydrogen (secondary N) is 1. The Kier molecular flexibility index (Phi) is 5.37. The van der Waals surface area contributed by atoms with Gasteiger partial charge in [0, 0.05) is 18.7 Å². The lowest BCUT2D eigenvalue weighted by Crippen LogP contribution is -2.29. The molecule has 2 atom stereocenters. The molecule has 2 unspecified atom stereocenters. The molecule has 1 aromatic carbocycles. The van der Waals surface area contributed by atoms with Crippen LogP contribution in [0.4, 0.5) is 0 Å². The molecule has 0 amide bonds. The zero-order valence-corrected chi connectivity index (χ0v) is 9.61. The van der Waals surface area contributed by atoms with Crippen LogP contribution in [-0.4, -0.2) is 17.8 Å². The van der Waals surface area contributed by atoms with Gasteiger partial charge in [0.1, 0.15) is 0 Å². The Hall–Kier alpha value is -0.860. The lowest BCUT2D eigenvalue weighted by Gasteiger charge is -2.20. The van der Waals surface area contributed by atoms with Crippen LogP contribution >= 0.6 is 0 Å². The van der Waals surface area contributed by atoms with Crippen molar-refractivity contribution in [3.8, 4) is 0 Å². The fourth-order valence-corrected chi connectivity index (χ4v) is 1.75. The number of hydrogen-bond acceptors (Lipinski definition) is 2. The van der Waals surface area contributed by atoms with E-state index in [0.29, 0.717) is 12.1 Å². The zero-order chi connectivity index (χ0) is 11.1. The molecule has 0 heterocycles. The maximum absolute atomic E-state index is 8.74. The van der Waals surface area contributed by atoms with E-state index in [1.165, 1.54) is 5.56 Å². The summed E-state index contributed by atoms with van der Waals surface area (Å²) in [5.74, 6) is 0. The Bertz CT molecular complexity index is 260. The highest BCUT2D eigenvalue weighted by atomic mass is 16.2. The highest BCUT2D eigenvalue weighted by Crippen LogP contribution is 2.12. The summed E-state index contributed by atoms with van der Waals surface area (Å²) in [6.07, 6.45) is 1.89. The number of aliphatic hydroxyl groups is 1. The van der Waals surface area contributed by atoms with Crippen LogP contribution in [0.25, 0.3) is 0 Å². The van der Waals surface area contributed by atoms with Crippen LogP contribution in [0.3, 0.4) is 0 Å². The molecule has 0 radical (unpaired) electrons. The number of benzene rings is 1. The van der Waals surface area contributed by atoms with Crippen LogP contribution in [0.15, 0.2) is 30.3 Å². The molecule has 0 saturated carbocycles. The normalized spacial score (nSPS) is 14.9. The van der Waals surface area contributed by atoms with Crippen LogP contribution in [0.2, 0.25) is 0 Å². The van der Waals surface area contributed by atoms with E-state index in [1.54, 1.807) is 0 Å². The molecule has 0 aliphatic carbocycles. The summed E-state index contributed by atoms with van der Waals surface area (Å²) >= 11 is 0. The van der Waals surface area contributed by atoms with E-state index < -0.39 is 0 Å². The van der Waals surface area contributed by atoms with E-state index in [0.717, 1.165) is 12.8 Å². The first-order valence-corrected chi connectivity index (χ1v) is 5.66. The average Bonchev–Trinajstić information content (AvgIpc) is 2.27. The van der Waals surface area contributed by atoms with Crippen LogP contribution in [0.1, 0.15) is 38.3 Å². The van der Waals surface area contributed by atoms with Crippen molar-refractivity contribution in [3.05, 3.63) is 35.9 Å². The largest absolute Gasteiger partial charge is 0.396 e. The highest BCUT2D eigenvalue weighted by Gasteiger charge is 2.08. The first-order chi connectivity index (χ1) is 7.24. The molecule has 0 bridgehead atoms. The van der Waals surface area contributed by atoms with E-state index >= 15 is 0 Å². The van der Waals surface area contributed by atoms with Gasteiger partial charge in [-0.1, -0.05) is 30.3 Å². The van der Waals surface area contributed by atoms with Crippen LogP contribution < -0.4 is 5.32 Å². The Morgan fingerprint density at radius 1 is 1.20 bits per heavy atom. The van der Waals surface area contributed by atoms with Crippen molar-refractivity contribution in [1.29, 1.82) is 0 Å². The Balaban J connectivity index is 2.38. The molecule has 2 nitrogen and oxygen atoms in total. The van der Waals surface area contributed by atoms with Gasteiger partial charge in [0.05, 0.1) is 0 Å². The van der Waals surface area contributed by atoms with Gasteiger partial charge < -0.3 is 10.4 Å². The molecule has 1 rings (SSSR count). The third-order valence-electron chi connectivity index (χ3n) is 2.63. The standard InChI is InChI=1S/C13H21NO/c1-11(7-6-10-15)14-12(2)13-8-4-3-5-9-13/h3-5,8-9,11-12,14-15H,6-7,10H2,1-2H3. The lowest BCUT2D eigenvalue weighted by atomic mass is 10.1. The van der Waals surface area contributed by atoms with Gasteiger partial charge in [-0.15, -0.1) is 0 Å². The van der Waals surface area contributed by atoms with E-state index in [9.17, 15) is 0 Å². The van der Waals surface area contributed by atoms with E-state index in [-0.39, 0.29) is 6.61 Å². The summed E-state index contributed by atoms with van der Waals surface area (Å²) in [7, 11) is 0. The van der Waals surface area contributed by atoms with Crippen molar-refractivity contribution < 1.29 is 5.11 Å². The van der Waals surface area contributed by atoms with Gasteiger partial charge in [-0.3, -0.25) is 0 Å². The van der Waals surface area contributed by atoms with E-state index in [1.807, 2.05) is 6.07 Å². The minimum Gasteiger partial charge on any atom is -0.396 e. The topological polar surface area (TPSA) is 32.3 Å². The molecule has 0 fully saturated rings. The molecule has 0 aromatic heterocycles. The summed E-state index contributed by atoms with van der Waals surface area (Å²) in [6, 6.07) is 11.3.